The first-order valence-electron chi connectivity index (χ1n) is 27.7. The predicted octanol–water partition coefficient (Wildman–Crippen LogP) is 5.67. The lowest BCUT2D eigenvalue weighted by Crippen LogP contribution is -2.70. The van der Waals surface area contributed by atoms with Crippen molar-refractivity contribution in [2.24, 2.45) is 10.8 Å². The molecule has 12 rings (SSSR count). The molecule has 7 aliphatic heterocycles. The maximum absolute atomic E-state index is 15.1. The number of hydrazine groups is 1. The van der Waals surface area contributed by atoms with E-state index in [4.69, 9.17) is 38.4 Å². The molecule has 404 valence electrons. The van der Waals surface area contributed by atoms with Crippen molar-refractivity contribution >= 4 is 45.7 Å². The molecule has 0 radical (unpaired) electrons. The van der Waals surface area contributed by atoms with Gasteiger partial charge < -0.3 is 43.2 Å². The fourth-order valence-corrected chi connectivity index (χ4v) is 13.6. The zero-order valence-electron chi connectivity index (χ0n) is 44.4. The number of cyclic esters (lactones) is 1. The average molecular weight is 1050 g/mol. The minimum absolute atomic E-state index is 0.00532. The van der Waals surface area contributed by atoms with E-state index in [1.54, 1.807) is 7.11 Å². The van der Waals surface area contributed by atoms with Gasteiger partial charge in [0.25, 0.3) is 5.91 Å². The molecule has 1 spiro atoms. The molecule has 8 aliphatic rings. The molecule has 10 heterocycles. The third kappa shape index (κ3) is 10.4. The molecule has 19 heteroatoms. The molecule has 4 aromatic rings. The number of benzene rings is 1. The predicted molar refractivity (Wildman–Crippen MR) is 283 cm³/mol. The Morgan fingerprint density at radius 1 is 0.987 bits per heavy atom. The molecular weight excluding hydrogens is 975 g/mol. The van der Waals surface area contributed by atoms with Gasteiger partial charge in [-0.15, -0.1) is 11.3 Å². The van der Waals surface area contributed by atoms with Crippen LogP contribution in [0.4, 0.5) is 5.69 Å². The maximum atomic E-state index is 15.1. The molecule has 18 nitrogen and oxygen atoms in total. The molecule has 2 amide bonds. The number of piperazine rings is 1. The highest BCUT2D eigenvalue weighted by atomic mass is 32.1. The number of hydrogen-bond acceptors (Lipinski definition) is 16. The number of rotatable bonds is 12. The van der Waals surface area contributed by atoms with Gasteiger partial charge in [-0.2, -0.15) is 0 Å². The van der Waals surface area contributed by atoms with Crippen LogP contribution in [0, 0.1) is 10.8 Å². The average Bonchev–Trinajstić information content (AvgIpc) is 4.06. The Balaban J connectivity index is 0.999. The summed E-state index contributed by atoms with van der Waals surface area (Å²) in [4.78, 5) is 61.6. The number of methoxy groups -OCH3 is 1. The van der Waals surface area contributed by atoms with Gasteiger partial charge in [0.05, 0.1) is 79.7 Å². The molecular formula is C56H75N9O9S. The molecule has 1 aliphatic carbocycles. The van der Waals surface area contributed by atoms with Crippen LogP contribution in [0.25, 0.3) is 33.4 Å². The number of esters is 1. The summed E-state index contributed by atoms with van der Waals surface area (Å²) >= 11 is 1.50. The van der Waals surface area contributed by atoms with Crippen LogP contribution in [0.1, 0.15) is 101 Å². The Labute approximate surface area is 444 Å². The Morgan fingerprint density at radius 2 is 1.77 bits per heavy atom. The highest BCUT2D eigenvalue weighted by molar-refractivity contribution is 7.10. The first-order valence-corrected chi connectivity index (χ1v) is 28.5. The van der Waals surface area contributed by atoms with Crippen molar-refractivity contribution in [1.82, 2.24) is 40.1 Å². The first-order chi connectivity index (χ1) is 36.3. The minimum atomic E-state index is -1.03. The number of fused-ring (bicyclic) bond motifs is 6. The van der Waals surface area contributed by atoms with E-state index < -0.39 is 35.6 Å². The van der Waals surface area contributed by atoms with E-state index in [1.807, 2.05) is 13.1 Å². The SMILES string of the molecule is CO[C@@H](C)c1ncc(N2CCN(C3CC3)CC2)cc1-c1c2c3cc(ccc3n1CCOC1CCOCC1)-c1csc(n1)[C@@H](N1CC3(COC3)C1)[C@H](NC(=O)[C@H]1C[C@@H](C)O1)C(=O)N1CCC[C@H](N1)C(=O)OCC(C)(C)C2. The highest BCUT2D eigenvalue weighted by Gasteiger charge is 2.55. The summed E-state index contributed by atoms with van der Waals surface area (Å²) in [5.74, 6) is -1.08. The van der Waals surface area contributed by atoms with Gasteiger partial charge in [0.2, 0.25) is 5.91 Å². The Kier molecular flexibility index (Phi) is 14.3. The monoisotopic (exact) mass is 1050 g/mol. The standard InChI is InChI=1S/C56H75N9O9S/c1-34-23-46(74-34)51(66)59-48-50(63-29-56(30-63)32-71-33-56)52-58-44(28-75-52)36-8-11-45-40(24-36)42(26-55(3,4)31-73-54(68)43-7-6-14-65(60-43)53(48)67)49(64(45)19-22-72-39-12-20-70-21-13-39)41-25-38(27-57-47(41)35(2)69-5)62-17-15-61(16-18-62)37-9-10-37/h8,11,24-25,27-28,34-35,37,39,43,46,48,50,60H,6-7,9-10,12-23,26,29-33H2,1-5H3,(H,59,66)/t34-,35+,43+,46-,48+,50+/m1/s1. The summed E-state index contributed by atoms with van der Waals surface area (Å²) in [5.41, 5.74) is 10.6. The van der Waals surface area contributed by atoms with Gasteiger partial charge in [0.15, 0.2) is 0 Å². The van der Waals surface area contributed by atoms with Crippen LogP contribution in [-0.2, 0) is 55.8 Å². The van der Waals surface area contributed by atoms with Crippen LogP contribution in [-0.4, -0.2) is 176 Å². The van der Waals surface area contributed by atoms with Crippen molar-refractivity contribution < 1.29 is 42.8 Å². The van der Waals surface area contributed by atoms with Crippen LogP contribution in [0.2, 0.25) is 0 Å². The number of carbonyl (C=O) groups is 3. The largest absolute Gasteiger partial charge is 0.464 e. The topological polar surface area (TPSA) is 174 Å². The van der Waals surface area contributed by atoms with Crippen molar-refractivity contribution in [3.8, 4) is 22.5 Å². The molecule has 6 bridgehead atoms. The third-order valence-electron chi connectivity index (χ3n) is 17.1. The van der Waals surface area contributed by atoms with Gasteiger partial charge >= 0.3 is 5.97 Å². The number of nitrogens with one attached hydrogen (secondary N) is 2. The number of thiazole rings is 1. The molecule has 7 fully saturated rings. The van der Waals surface area contributed by atoms with Crippen LogP contribution in [0.3, 0.4) is 0 Å². The van der Waals surface area contributed by atoms with Crippen LogP contribution in [0.5, 0.6) is 0 Å². The number of carbonyl (C=O) groups excluding carboxylic acids is 3. The Hall–Kier alpha value is -4.57. The number of ether oxygens (including phenoxy) is 6. The lowest BCUT2D eigenvalue weighted by atomic mass is 9.76. The number of anilines is 1. The maximum Gasteiger partial charge on any atom is 0.324 e. The fraction of sp³-hybridized carbons (Fsp3) is 0.661. The molecule has 2 N–H and O–H groups in total. The van der Waals surface area contributed by atoms with Gasteiger partial charge in [-0.3, -0.25) is 34.2 Å². The summed E-state index contributed by atoms with van der Waals surface area (Å²) in [7, 11) is 1.74. The van der Waals surface area contributed by atoms with Crippen molar-refractivity contribution in [2.45, 2.75) is 134 Å². The van der Waals surface area contributed by atoms with Crippen molar-refractivity contribution in [3.63, 3.8) is 0 Å². The minimum Gasteiger partial charge on any atom is -0.464 e. The second-order valence-electron chi connectivity index (χ2n) is 23.5. The molecule has 3 aromatic heterocycles. The Bertz CT molecular complexity index is 2750. The number of nitrogens with zero attached hydrogens (tertiary/aromatic N) is 7. The zero-order chi connectivity index (χ0) is 51.6. The number of hydrogen-bond donors (Lipinski definition) is 2. The van der Waals surface area contributed by atoms with E-state index in [0.29, 0.717) is 84.9 Å². The molecule has 1 saturated carbocycles. The van der Waals surface area contributed by atoms with Crippen molar-refractivity contribution in [2.75, 3.05) is 97.5 Å². The number of pyridine rings is 1. The third-order valence-corrected chi connectivity index (χ3v) is 18.0. The van der Waals surface area contributed by atoms with Crippen molar-refractivity contribution in [1.29, 1.82) is 0 Å². The lowest BCUT2D eigenvalue weighted by Gasteiger charge is -2.58. The van der Waals surface area contributed by atoms with E-state index in [9.17, 15) is 9.59 Å². The normalized spacial score (nSPS) is 28.0. The van der Waals surface area contributed by atoms with Crippen LogP contribution in [0.15, 0.2) is 35.8 Å². The summed E-state index contributed by atoms with van der Waals surface area (Å²) in [6.07, 6.45) is 7.67. The summed E-state index contributed by atoms with van der Waals surface area (Å²) in [5, 5.41) is 8.57. The zero-order valence-corrected chi connectivity index (χ0v) is 45.2. The molecule has 6 atom stereocenters. The van der Waals surface area contributed by atoms with E-state index >= 15 is 4.79 Å². The number of aromatic nitrogens is 3. The fourth-order valence-electron chi connectivity index (χ4n) is 12.6. The van der Waals surface area contributed by atoms with E-state index in [1.165, 1.54) is 29.2 Å². The van der Waals surface area contributed by atoms with Gasteiger partial charge in [0.1, 0.15) is 23.2 Å². The van der Waals surface area contributed by atoms with Crippen LogP contribution >= 0.6 is 11.3 Å². The second kappa shape index (κ2) is 21.0. The van der Waals surface area contributed by atoms with Crippen molar-refractivity contribution in [3.05, 3.63) is 52.1 Å². The quantitative estimate of drug-likeness (QED) is 0.166. The van der Waals surface area contributed by atoms with Gasteiger partial charge in [0, 0.05) is 123 Å². The molecule has 75 heavy (non-hydrogen) atoms. The molecule has 6 saturated heterocycles. The summed E-state index contributed by atoms with van der Waals surface area (Å²) in [6, 6.07) is 7.30. The van der Waals surface area contributed by atoms with E-state index in [0.717, 1.165) is 100 Å². The van der Waals surface area contributed by atoms with Gasteiger partial charge in [-0.1, -0.05) is 19.9 Å². The number of likely N-dealkylation sites (tertiary alicyclic amines) is 1. The van der Waals surface area contributed by atoms with E-state index in [-0.39, 0.29) is 42.1 Å². The second-order valence-corrected chi connectivity index (χ2v) is 24.4. The molecule has 1 aromatic carbocycles. The van der Waals surface area contributed by atoms with Gasteiger partial charge in [-0.25, -0.2) is 10.4 Å². The summed E-state index contributed by atoms with van der Waals surface area (Å²) in [6.45, 7) is 17.9. The number of amides is 2. The Morgan fingerprint density at radius 3 is 2.49 bits per heavy atom. The first kappa shape index (κ1) is 51.2. The smallest absolute Gasteiger partial charge is 0.324 e. The van der Waals surface area contributed by atoms with E-state index in [2.05, 4.69) is 80.4 Å². The van der Waals surface area contributed by atoms with Gasteiger partial charge in [-0.05, 0) is 82.6 Å². The lowest BCUT2D eigenvalue weighted by molar-refractivity contribution is -0.203. The molecule has 0 unspecified atom stereocenters. The highest BCUT2D eigenvalue weighted by Crippen LogP contribution is 2.47. The van der Waals surface area contributed by atoms with Crippen LogP contribution < -0.4 is 15.6 Å². The summed E-state index contributed by atoms with van der Waals surface area (Å²) < 4.78 is 38.8.